The summed E-state index contributed by atoms with van der Waals surface area (Å²) in [5.41, 5.74) is 0.578. The van der Waals surface area contributed by atoms with E-state index in [1.54, 1.807) is 32.1 Å². The lowest BCUT2D eigenvalue weighted by molar-refractivity contribution is -0.123. The molecule has 1 aliphatic heterocycles. The minimum absolute atomic E-state index is 0.0115. The number of anilines is 1. The summed E-state index contributed by atoms with van der Waals surface area (Å²) in [5, 5.41) is 6.17. The fraction of sp³-hybridized carbons (Fsp3) is 0.655. The number of carbonyl (C=O) groups excluding carboxylic acids is 3. The van der Waals surface area contributed by atoms with Gasteiger partial charge in [-0.15, -0.1) is 0 Å². The molecule has 3 saturated carbocycles. The molecule has 2 amide bonds. The zero-order chi connectivity index (χ0) is 25.7. The van der Waals surface area contributed by atoms with Crippen molar-refractivity contribution in [3.8, 4) is 0 Å². The summed E-state index contributed by atoms with van der Waals surface area (Å²) >= 11 is 0. The second-order valence-corrected chi connectivity index (χ2v) is 12.2. The number of nitrogens with one attached hydrogen (secondary N) is 2. The number of carbonyl (C=O) groups is 3. The Morgan fingerprint density at radius 1 is 1.14 bits per heavy atom. The van der Waals surface area contributed by atoms with Crippen molar-refractivity contribution in [3.05, 3.63) is 36.0 Å². The fourth-order valence-electron chi connectivity index (χ4n) is 8.07. The highest BCUT2D eigenvalue weighted by atomic mass is 16.5. The van der Waals surface area contributed by atoms with Crippen LogP contribution in [0.15, 0.2) is 30.5 Å². The van der Waals surface area contributed by atoms with Crippen LogP contribution >= 0.6 is 0 Å². The molecule has 3 fully saturated rings. The van der Waals surface area contributed by atoms with Crippen LogP contribution in [0.4, 0.5) is 5.82 Å². The van der Waals surface area contributed by atoms with Crippen LogP contribution in [0, 0.1) is 34.5 Å². The van der Waals surface area contributed by atoms with E-state index in [1.165, 1.54) is 12.6 Å². The average Bonchev–Trinajstić information content (AvgIpc) is 3.15. The zero-order valence-corrected chi connectivity index (χ0v) is 21.9. The standard InChI is InChI=1S/C29H39N3O4/c1-17(2)36-27(35)18-5-10-24(30-16-18)32-26(34)15-19-6-8-21-20-7-9-23-29(4,14-12-25(33)31-23)22(20)11-13-28(19,21)3/h5,10,12,14,16-17,19-23H,6-9,11,13,15H2,1-4H3,(H,31,33)(H,30,32,34)/t19-,20+,21+,22+,23-,28-,29-/m1/s1. The van der Waals surface area contributed by atoms with Crippen LogP contribution in [-0.4, -0.2) is 34.9 Å². The summed E-state index contributed by atoms with van der Waals surface area (Å²) in [5.74, 6) is 2.30. The summed E-state index contributed by atoms with van der Waals surface area (Å²) in [6, 6.07) is 3.55. The van der Waals surface area contributed by atoms with Gasteiger partial charge in [0.1, 0.15) is 5.82 Å². The van der Waals surface area contributed by atoms with Gasteiger partial charge in [-0.3, -0.25) is 9.59 Å². The van der Waals surface area contributed by atoms with E-state index in [2.05, 4.69) is 35.5 Å². The molecule has 7 atom stereocenters. The van der Waals surface area contributed by atoms with E-state index in [9.17, 15) is 14.4 Å². The van der Waals surface area contributed by atoms with Gasteiger partial charge in [0.25, 0.3) is 0 Å². The third kappa shape index (κ3) is 4.35. The number of aromatic nitrogens is 1. The third-order valence-corrected chi connectivity index (χ3v) is 9.92. The molecular weight excluding hydrogens is 454 g/mol. The van der Waals surface area contributed by atoms with Crippen molar-refractivity contribution in [3.63, 3.8) is 0 Å². The van der Waals surface area contributed by atoms with Gasteiger partial charge < -0.3 is 15.4 Å². The Bertz CT molecular complexity index is 1070. The van der Waals surface area contributed by atoms with Gasteiger partial charge in [-0.1, -0.05) is 19.9 Å². The maximum absolute atomic E-state index is 13.0. The van der Waals surface area contributed by atoms with E-state index in [0.29, 0.717) is 41.5 Å². The van der Waals surface area contributed by atoms with Gasteiger partial charge >= 0.3 is 5.97 Å². The van der Waals surface area contributed by atoms with E-state index in [1.807, 2.05) is 0 Å². The SMILES string of the molecule is CC(C)OC(=O)c1ccc(NC(=O)C[C@H]2CC[C@H]3[C@@H]4CC[C@H]5NC(=O)C=C[C@]5(C)[C@H]4CC[C@]23C)nc1. The zero-order valence-electron chi connectivity index (χ0n) is 21.9. The van der Waals surface area contributed by atoms with Crippen molar-refractivity contribution in [1.82, 2.24) is 10.3 Å². The number of ether oxygens (including phenoxy) is 1. The predicted molar refractivity (Wildman–Crippen MR) is 137 cm³/mol. The highest BCUT2D eigenvalue weighted by Crippen LogP contribution is 2.65. The third-order valence-electron chi connectivity index (χ3n) is 9.92. The Morgan fingerprint density at radius 2 is 1.94 bits per heavy atom. The van der Waals surface area contributed by atoms with Gasteiger partial charge in [0.2, 0.25) is 11.8 Å². The molecule has 5 rings (SSSR count). The van der Waals surface area contributed by atoms with E-state index in [-0.39, 0.29) is 34.8 Å². The maximum atomic E-state index is 13.0. The molecule has 1 aromatic rings. The lowest BCUT2D eigenvalue weighted by Gasteiger charge is -2.59. The van der Waals surface area contributed by atoms with Crippen molar-refractivity contribution in [2.75, 3.05) is 5.32 Å². The molecular formula is C29H39N3O4. The summed E-state index contributed by atoms with van der Waals surface area (Å²) < 4.78 is 5.20. The van der Waals surface area contributed by atoms with Crippen LogP contribution in [-0.2, 0) is 14.3 Å². The second-order valence-electron chi connectivity index (χ2n) is 12.2. The van der Waals surface area contributed by atoms with Gasteiger partial charge in [-0.05, 0) is 99.7 Å². The van der Waals surface area contributed by atoms with Crippen LogP contribution in [0.5, 0.6) is 0 Å². The number of pyridine rings is 1. The average molecular weight is 494 g/mol. The Kier molecular flexibility index (Phi) is 6.46. The number of rotatable bonds is 5. The lowest BCUT2D eigenvalue weighted by Crippen LogP contribution is -2.59. The molecule has 194 valence electrons. The molecule has 0 saturated heterocycles. The Morgan fingerprint density at radius 3 is 2.67 bits per heavy atom. The maximum Gasteiger partial charge on any atom is 0.339 e. The first-order valence-corrected chi connectivity index (χ1v) is 13.6. The molecule has 0 spiro atoms. The van der Waals surface area contributed by atoms with Crippen molar-refractivity contribution in [2.24, 2.45) is 34.5 Å². The normalized spacial score (nSPS) is 36.9. The minimum Gasteiger partial charge on any atom is -0.459 e. The van der Waals surface area contributed by atoms with Crippen LogP contribution in [0.1, 0.15) is 83.0 Å². The molecule has 0 radical (unpaired) electrons. The molecule has 4 aliphatic rings. The Hall–Kier alpha value is -2.70. The molecule has 7 nitrogen and oxygen atoms in total. The van der Waals surface area contributed by atoms with Crippen molar-refractivity contribution >= 4 is 23.6 Å². The smallest absolute Gasteiger partial charge is 0.339 e. The Balaban J connectivity index is 1.22. The summed E-state index contributed by atoms with van der Waals surface area (Å²) in [6.07, 6.45) is 12.4. The molecule has 7 heteroatoms. The fourth-order valence-corrected chi connectivity index (χ4v) is 8.07. The van der Waals surface area contributed by atoms with Gasteiger partial charge in [-0.2, -0.15) is 0 Å². The van der Waals surface area contributed by atoms with E-state index in [0.717, 1.165) is 32.1 Å². The van der Waals surface area contributed by atoms with Crippen molar-refractivity contribution < 1.29 is 19.1 Å². The molecule has 2 N–H and O–H groups in total. The first-order valence-electron chi connectivity index (χ1n) is 13.6. The molecule has 1 aromatic heterocycles. The predicted octanol–water partition coefficient (Wildman–Crippen LogP) is 4.89. The molecule has 0 aromatic carbocycles. The van der Waals surface area contributed by atoms with Gasteiger partial charge in [0.05, 0.1) is 11.7 Å². The topological polar surface area (TPSA) is 97.4 Å². The summed E-state index contributed by atoms with van der Waals surface area (Å²) in [7, 11) is 0. The minimum atomic E-state index is -0.412. The molecule has 0 bridgehead atoms. The van der Waals surface area contributed by atoms with E-state index in [4.69, 9.17) is 4.74 Å². The number of amides is 2. The van der Waals surface area contributed by atoms with Crippen molar-refractivity contribution in [2.45, 2.75) is 84.8 Å². The van der Waals surface area contributed by atoms with E-state index < -0.39 is 5.97 Å². The van der Waals surface area contributed by atoms with Gasteiger partial charge in [0, 0.05) is 24.1 Å². The quantitative estimate of drug-likeness (QED) is 0.569. The number of fused-ring (bicyclic) bond motifs is 5. The van der Waals surface area contributed by atoms with Crippen molar-refractivity contribution in [1.29, 1.82) is 0 Å². The van der Waals surface area contributed by atoms with Crippen LogP contribution in [0.3, 0.4) is 0 Å². The Labute approximate surface area is 213 Å². The second kappa shape index (κ2) is 9.31. The molecule has 0 unspecified atom stereocenters. The van der Waals surface area contributed by atoms with Crippen LogP contribution < -0.4 is 10.6 Å². The number of esters is 1. The van der Waals surface area contributed by atoms with Gasteiger partial charge in [0.15, 0.2) is 0 Å². The molecule has 2 heterocycles. The number of hydrogen-bond donors (Lipinski definition) is 2. The monoisotopic (exact) mass is 493 g/mol. The highest BCUT2D eigenvalue weighted by Gasteiger charge is 2.59. The molecule has 36 heavy (non-hydrogen) atoms. The lowest BCUT2D eigenvalue weighted by atomic mass is 9.48. The van der Waals surface area contributed by atoms with Crippen LogP contribution in [0.2, 0.25) is 0 Å². The summed E-state index contributed by atoms with van der Waals surface area (Å²) in [4.78, 5) is 41.2. The molecule has 3 aliphatic carbocycles. The first-order chi connectivity index (χ1) is 17.1. The van der Waals surface area contributed by atoms with E-state index >= 15 is 0 Å². The number of hydrogen-bond acceptors (Lipinski definition) is 5. The number of nitrogens with zero attached hydrogens (tertiary/aromatic N) is 1. The largest absolute Gasteiger partial charge is 0.459 e. The highest BCUT2D eigenvalue weighted by molar-refractivity contribution is 5.92. The van der Waals surface area contributed by atoms with Gasteiger partial charge in [-0.25, -0.2) is 9.78 Å². The van der Waals surface area contributed by atoms with Crippen LogP contribution in [0.25, 0.3) is 0 Å². The summed E-state index contributed by atoms with van der Waals surface area (Å²) in [6.45, 7) is 8.36. The first kappa shape index (κ1) is 25.0.